The molecule has 0 aliphatic heterocycles. The minimum absolute atomic E-state index is 0.114. The molecule has 5 nitrogen and oxygen atoms in total. The van der Waals surface area contributed by atoms with Crippen molar-refractivity contribution in [2.45, 2.75) is 13.8 Å². The second kappa shape index (κ2) is 8.73. The molecule has 0 bridgehead atoms. The van der Waals surface area contributed by atoms with Crippen molar-refractivity contribution in [3.63, 3.8) is 0 Å². The molecule has 1 amide bonds. The second-order valence-electron chi connectivity index (χ2n) is 6.59. The number of nitrogens with one attached hydrogen (secondary N) is 2. The van der Waals surface area contributed by atoms with Crippen LogP contribution in [-0.4, -0.2) is 24.0 Å². The number of hydrogen-bond acceptors (Lipinski definition) is 4. The summed E-state index contributed by atoms with van der Waals surface area (Å²) in [4.78, 5) is 16.8. The summed E-state index contributed by atoms with van der Waals surface area (Å²) >= 11 is 6.38. The fraction of sp³-hybridized carbons (Fsp3) is 0.238. The summed E-state index contributed by atoms with van der Waals surface area (Å²) in [5.74, 6) is 0.764. The van der Waals surface area contributed by atoms with E-state index in [1.54, 1.807) is 12.1 Å². The predicted octanol–water partition coefficient (Wildman–Crippen LogP) is 4.97. The summed E-state index contributed by atoms with van der Waals surface area (Å²) in [5, 5.41) is 7.39. The van der Waals surface area contributed by atoms with Gasteiger partial charge in [0.05, 0.1) is 11.2 Å². The standard InChI is InChI=1S/C21H22ClN3O2/c1-14(2)12-23-19-16-10-6-7-11-17(16)24-21(22)20(19)25-18(26)13-27-15-8-4-3-5-9-15/h3-11,14H,12-13H2,1-2H3,(H,23,24)(H,25,26). The van der Waals surface area contributed by atoms with E-state index in [4.69, 9.17) is 16.3 Å². The van der Waals surface area contributed by atoms with Gasteiger partial charge in [-0.05, 0) is 24.1 Å². The average Bonchev–Trinajstić information content (AvgIpc) is 2.67. The molecule has 27 heavy (non-hydrogen) atoms. The van der Waals surface area contributed by atoms with Gasteiger partial charge in [0.15, 0.2) is 11.8 Å². The molecule has 0 aliphatic rings. The van der Waals surface area contributed by atoms with Gasteiger partial charge in [-0.2, -0.15) is 0 Å². The predicted molar refractivity (Wildman–Crippen MR) is 111 cm³/mol. The number of amides is 1. The lowest BCUT2D eigenvalue weighted by Gasteiger charge is -2.18. The molecule has 2 N–H and O–H groups in total. The van der Waals surface area contributed by atoms with E-state index in [2.05, 4.69) is 29.5 Å². The number of aromatic nitrogens is 1. The maximum Gasteiger partial charge on any atom is 0.262 e. The Labute approximate surface area is 163 Å². The number of carbonyl (C=O) groups is 1. The molecule has 3 aromatic rings. The summed E-state index contributed by atoms with van der Waals surface area (Å²) < 4.78 is 5.51. The zero-order valence-electron chi connectivity index (χ0n) is 15.3. The van der Waals surface area contributed by atoms with E-state index in [0.717, 1.165) is 23.1 Å². The maximum absolute atomic E-state index is 12.4. The third kappa shape index (κ3) is 4.89. The van der Waals surface area contributed by atoms with E-state index < -0.39 is 0 Å². The number of carbonyl (C=O) groups excluding carboxylic acids is 1. The van der Waals surface area contributed by atoms with E-state index in [9.17, 15) is 4.79 Å². The SMILES string of the molecule is CC(C)CNc1c(NC(=O)COc2ccccc2)c(Cl)nc2ccccc12. The highest BCUT2D eigenvalue weighted by molar-refractivity contribution is 6.34. The molecule has 0 unspecified atom stereocenters. The normalized spacial score (nSPS) is 10.8. The number of fused-ring (bicyclic) bond motifs is 1. The molecule has 0 radical (unpaired) electrons. The minimum atomic E-state index is -0.301. The Morgan fingerprint density at radius 3 is 2.52 bits per heavy atom. The molecule has 0 aliphatic carbocycles. The molecule has 1 aromatic heterocycles. The zero-order chi connectivity index (χ0) is 19.2. The van der Waals surface area contributed by atoms with Gasteiger partial charge in [0.25, 0.3) is 5.91 Å². The smallest absolute Gasteiger partial charge is 0.262 e. The van der Waals surface area contributed by atoms with Crippen LogP contribution in [0.2, 0.25) is 5.15 Å². The van der Waals surface area contributed by atoms with Crippen molar-refractivity contribution in [3.05, 3.63) is 59.8 Å². The van der Waals surface area contributed by atoms with Crippen LogP contribution in [0.4, 0.5) is 11.4 Å². The Morgan fingerprint density at radius 2 is 1.78 bits per heavy atom. The molecule has 6 heteroatoms. The minimum Gasteiger partial charge on any atom is -0.484 e. The summed E-state index contributed by atoms with van der Waals surface area (Å²) in [6, 6.07) is 16.9. The molecule has 0 atom stereocenters. The number of hydrogen-bond donors (Lipinski definition) is 2. The Morgan fingerprint density at radius 1 is 1.07 bits per heavy atom. The Kier molecular flexibility index (Phi) is 6.14. The number of ether oxygens (including phenoxy) is 1. The lowest BCUT2D eigenvalue weighted by atomic mass is 10.1. The van der Waals surface area contributed by atoms with Crippen LogP contribution in [0.15, 0.2) is 54.6 Å². The molecule has 3 rings (SSSR count). The van der Waals surface area contributed by atoms with Crippen molar-refractivity contribution >= 4 is 39.8 Å². The van der Waals surface area contributed by atoms with Crippen molar-refractivity contribution in [2.75, 3.05) is 23.8 Å². The topological polar surface area (TPSA) is 63.2 Å². The second-order valence-corrected chi connectivity index (χ2v) is 6.95. The third-order valence-electron chi connectivity index (χ3n) is 3.91. The van der Waals surface area contributed by atoms with Gasteiger partial charge in [-0.3, -0.25) is 4.79 Å². The molecule has 1 heterocycles. The summed E-state index contributed by atoms with van der Waals surface area (Å²) in [6.45, 7) is 4.86. The lowest BCUT2D eigenvalue weighted by Crippen LogP contribution is -2.22. The first kappa shape index (κ1) is 19.0. The number of para-hydroxylation sites is 2. The van der Waals surface area contributed by atoms with Crippen molar-refractivity contribution in [2.24, 2.45) is 5.92 Å². The van der Waals surface area contributed by atoms with E-state index in [-0.39, 0.29) is 17.7 Å². The fourth-order valence-corrected chi connectivity index (χ4v) is 2.86. The molecular weight excluding hydrogens is 362 g/mol. The monoisotopic (exact) mass is 383 g/mol. The highest BCUT2D eigenvalue weighted by Crippen LogP contribution is 2.35. The van der Waals surface area contributed by atoms with Crippen LogP contribution >= 0.6 is 11.6 Å². The number of benzene rings is 2. The number of halogens is 1. The Bertz CT molecular complexity index is 929. The lowest BCUT2D eigenvalue weighted by molar-refractivity contribution is -0.118. The van der Waals surface area contributed by atoms with E-state index in [1.165, 1.54) is 0 Å². The number of nitrogens with zero attached hydrogens (tertiary/aromatic N) is 1. The summed E-state index contributed by atoms with van der Waals surface area (Å²) in [6.07, 6.45) is 0. The molecule has 0 saturated heterocycles. The highest BCUT2D eigenvalue weighted by Gasteiger charge is 2.17. The van der Waals surface area contributed by atoms with Gasteiger partial charge in [0.1, 0.15) is 11.4 Å². The maximum atomic E-state index is 12.4. The summed E-state index contributed by atoms with van der Waals surface area (Å²) in [5.41, 5.74) is 2.01. The molecular formula is C21H22ClN3O2. The van der Waals surface area contributed by atoms with E-state index in [1.807, 2.05) is 42.5 Å². The quantitative estimate of drug-likeness (QED) is 0.565. The van der Waals surface area contributed by atoms with Crippen LogP contribution in [0.5, 0.6) is 5.75 Å². The van der Waals surface area contributed by atoms with Crippen LogP contribution in [0.1, 0.15) is 13.8 Å². The third-order valence-corrected chi connectivity index (χ3v) is 4.19. The highest BCUT2D eigenvalue weighted by atomic mass is 35.5. The first-order chi connectivity index (χ1) is 13.0. The number of rotatable bonds is 7. The Balaban J connectivity index is 1.84. The Hall–Kier alpha value is -2.79. The van der Waals surface area contributed by atoms with Gasteiger partial charge in [-0.15, -0.1) is 0 Å². The first-order valence-electron chi connectivity index (χ1n) is 8.84. The van der Waals surface area contributed by atoms with Gasteiger partial charge in [0, 0.05) is 11.9 Å². The van der Waals surface area contributed by atoms with Crippen molar-refractivity contribution in [3.8, 4) is 5.75 Å². The van der Waals surface area contributed by atoms with Crippen LogP contribution in [0.25, 0.3) is 10.9 Å². The van der Waals surface area contributed by atoms with Gasteiger partial charge in [-0.1, -0.05) is 61.8 Å². The molecule has 2 aromatic carbocycles. The van der Waals surface area contributed by atoms with Crippen molar-refractivity contribution < 1.29 is 9.53 Å². The van der Waals surface area contributed by atoms with Crippen LogP contribution < -0.4 is 15.4 Å². The number of pyridine rings is 1. The molecule has 0 saturated carbocycles. The molecule has 140 valence electrons. The zero-order valence-corrected chi connectivity index (χ0v) is 16.1. The van der Waals surface area contributed by atoms with Gasteiger partial charge >= 0.3 is 0 Å². The first-order valence-corrected chi connectivity index (χ1v) is 9.22. The van der Waals surface area contributed by atoms with Gasteiger partial charge in [-0.25, -0.2) is 4.98 Å². The van der Waals surface area contributed by atoms with Crippen molar-refractivity contribution in [1.82, 2.24) is 4.98 Å². The number of anilines is 2. The largest absolute Gasteiger partial charge is 0.484 e. The van der Waals surface area contributed by atoms with Crippen LogP contribution in [0.3, 0.4) is 0 Å². The van der Waals surface area contributed by atoms with Crippen LogP contribution in [0, 0.1) is 5.92 Å². The fourth-order valence-electron chi connectivity index (χ4n) is 2.63. The van der Waals surface area contributed by atoms with E-state index in [0.29, 0.717) is 17.4 Å². The average molecular weight is 384 g/mol. The summed E-state index contributed by atoms with van der Waals surface area (Å²) in [7, 11) is 0. The van der Waals surface area contributed by atoms with Crippen molar-refractivity contribution in [1.29, 1.82) is 0 Å². The molecule has 0 fully saturated rings. The van der Waals surface area contributed by atoms with E-state index >= 15 is 0 Å². The van der Waals surface area contributed by atoms with Crippen LogP contribution in [-0.2, 0) is 4.79 Å². The van der Waals surface area contributed by atoms with Gasteiger partial charge in [0.2, 0.25) is 0 Å². The molecule has 0 spiro atoms. The van der Waals surface area contributed by atoms with Gasteiger partial charge < -0.3 is 15.4 Å².